The number of benzene rings is 2. The van der Waals surface area contributed by atoms with Gasteiger partial charge in [-0.3, -0.25) is 10.1 Å². The Balaban J connectivity index is 2.07. The van der Waals surface area contributed by atoms with Crippen molar-refractivity contribution >= 4 is 21.4 Å². The van der Waals surface area contributed by atoms with E-state index < -0.39 is 26.6 Å². The van der Waals surface area contributed by atoms with Gasteiger partial charge in [0.25, 0.3) is 5.69 Å². The van der Waals surface area contributed by atoms with E-state index in [0.29, 0.717) is 22.6 Å². The molecule has 174 valence electrons. The van der Waals surface area contributed by atoms with Gasteiger partial charge in [-0.25, -0.2) is 13.1 Å². The Morgan fingerprint density at radius 3 is 2.34 bits per heavy atom. The molecule has 2 aromatic rings. The van der Waals surface area contributed by atoms with Crippen LogP contribution in [0.2, 0.25) is 0 Å². The summed E-state index contributed by atoms with van der Waals surface area (Å²) in [5, 5.41) is 22.6. The van der Waals surface area contributed by atoms with Crippen LogP contribution in [0.15, 0.2) is 35.2 Å². The largest absolute Gasteiger partial charge is 0.496 e. The van der Waals surface area contributed by atoms with E-state index in [9.17, 15) is 23.6 Å². The van der Waals surface area contributed by atoms with Crippen LogP contribution in [-0.2, 0) is 16.6 Å². The lowest BCUT2D eigenvalue weighted by atomic mass is 9.94. The molecule has 0 bridgehead atoms. The number of nitrogens with zero attached hydrogens (tertiary/aromatic N) is 2. The fourth-order valence-corrected chi connectivity index (χ4v) is 5.24. The molecule has 0 spiro atoms. The summed E-state index contributed by atoms with van der Waals surface area (Å²) in [6.45, 7) is 5.31. The number of hydrogen-bond acceptors (Lipinski definition) is 8. The van der Waals surface area contributed by atoms with Crippen LogP contribution in [0, 0.1) is 10.1 Å². The van der Waals surface area contributed by atoms with Crippen LogP contribution < -0.4 is 19.1 Å². The van der Waals surface area contributed by atoms with Crippen LogP contribution in [0.25, 0.3) is 0 Å². The lowest BCUT2D eigenvalue weighted by Gasteiger charge is -2.35. The molecule has 0 saturated heterocycles. The molecule has 0 fully saturated rings. The van der Waals surface area contributed by atoms with Gasteiger partial charge >= 0.3 is 0 Å². The van der Waals surface area contributed by atoms with E-state index >= 15 is 0 Å². The highest BCUT2D eigenvalue weighted by molar-refractivity contribution is 7.89. The summed E-state index contributed by atoms with van der Waals surface area (Å²) in [5.41, 5.74) is 0.284. The summed E-state index contributed by atoms with van der Waals surface area (Å²) >= 11 is 0. The Labute approximate surface area is 187 Å². The van der Waals surface area contributed by atoms with E-state index in [1.807, 2.05) is 0 Å². The fourth-order valence-electron chi connectivity index (χ4n) is 3.81. The quantitative estimate of drug-likeness (QED) is 0.492. The van der Waals surface area contributed by atoms with Crippen LogP contribution in [0.5, 0.6) is 11.5 Å². The molecule has 1 unspecified atom stereocenters. The molecule has 1 aliphatic heterocycles. The number of nitro benzene ring substituents is 1. The standard InChI is InChI=1S/C21H27N3O7S/c1-21(2,3)22-32(28,29)13-6-7-15(16(10-13)24(26)27)23-11-14-18(30-4)8-9-19(31-5)20(14)17(25)12-23/h6-10,17,22,25H,11-12H2,1-5H3. The first-order chi connectivity index (χ1) is 14.9. The van der Waals surface area contributed by atoms with Gasteiger partial charge in [0.1, 0.15) is 23.3 Å². The first-order valence-electron chi connectivity index (χ1n) is 9.87. The number of aliphatic hydroxyl groups excluding tert-OH is 1. The number of β-amino-alcohol motifs (C(OH)–C–C–N with tert-alkyl or cyclic N) is 1. The van der Waals surface area contributed by atoms with E-state index in [2.05, 4.69) is 4.72 Å². The molecule has 3 rings (SSSR count). The number of hydrogen-bond donors (Lipinski definition) is 2. The Kier molecular flexibility index (Phi) is 6.36. The van der Waals surface area contributed by atoms with Crippen LogP contribution in [0.1, 0.15) is 38.0 Å². The predicted molar refractivity (Wildman–Crippen MR) is 119 cm³/mol. The second kappa shape index (κ2) is 8.57. The predicted octanol–water partition coefficient (Wildman–Crippen LogP) is 2.74. The molecule has 0 aliphatic carbocycles. The number of sulfonamides is 1. The summed E-state index contributed by atoms with van der Waals surface area (Å²) < 4.78 is 38.6. The van der Waals surface area contributed by atoms with Crippen molar-refractivity contribution in [3.8, 4) is 11.5 Å². The number of aliphatic hydroxyl groups is 1. The first kappa shape index (κ1) is 23.8. The molecule has 32 heavy (non-hydrogen) atoms. The number of methoxy groups -OCH3 is 2. The maximum atomic E-state index is 12.7. The van der Waals surface area contributed by atoms with E-state index in [1.54, 1.807) is 37.8 Å². The van der Waals surface area contributed by atoms with Gasteiger partial charge in [-0.2, -0.15) is 0 Å². The third-order valence-electron chi connectivity index (χ3n) is 5.02. The van der Waals surface area contributed by atoms with Gasteiger partial charge in [0, 0.05) is 35.8 Å². The van der Waals surface area contributed by atoms with Crippen molar-refractivity contribution < 1.29 is 27.9 Å². The number of rotatable bonds is 6. The summed E-state index contributed by atoms with van der Waals surface area (Å²) in [4.78, 5) is 12.6. The maximum Gasteiger partial charge on any atom is 0.293 e. The molecule has 0 saturated carbocycles. The summed E-state index contributed by atoms with van der Waals surface area (Å²) in [7, 11) is -0.965. The molecule has 0 radical (unpaired) electrons. The molecular formula is C21H27N3O7S. The molecule has 2 aromatic carbocycles. The highest BCUT2D eigenvalue weighted by Gasteiger charge is 2.33. The van der Waals surface area contributed by atoms with Gasteiger partial charge in [-0.1, -0.05) is 0 Å². The molecule has 1 heterocycles. The van der Waals surface area contributed by atoms with Crippen LogP contribution in [0.4, 0.5) is 11.4 Å². The van der Waals surface area contributed by atoms with Gasteiger partial charge in [0.15, 0.2) is 0 Å². The van der Waals surface area contributed by atoms with E-state index in [-0.39, 0.29) is 29.4 Å². The zero-order valence-corrected chi connectivity index (χ0v) is 19.4. The van der Waals surface area contributed by atoms with E-state index in [4.69, 9.17) is 9.47 Å². The first-order valence-corrected chi connectivity index (χ1v) is 11.4. The smallest absolute Gasteiger partial charge is 0.293 e. The second-order valence-electron chi connectivity index (χ2n) is 8.52. The minimum atomic E-state index is -3.96. The Morgan fingerprint density at radius 2 is 1.78 bits per heavy atom. The van der Waals surface area contributed by atoms with Crippen molar-refractivity contribution in [1.82, 2.24) is 4.72 Å². The zero-order valence-electron chi connectivity index (χ0n) is 18.6. The lowest BCUT2D eigenvalue weighted by Crippen LogP contribution is -2.40. The van der Waals surface area contributed by atoms with Crippen LogP contribution >= 0.6 is 0 Å². The zero-order chi connectivity index (χ0) is 23.8. The Hall–Kier alpha value is -2.89. The molecule has 1 aliphatic rings. The minimum absolute atomic E-state index is 0.0592. The van der Waals surface area contributed by atoms with Crippen molar-refractivity contribution in [1.29, 1.82) is 0 Å². The average Bonchev–Trinajstić information content (AvgIpc) is 2.70. The Morgan fingerprint density at radius 1 is 1.16 bits per heavy atom. The highest BCUT2D eigenvalue weighted by Crippen LogP contribution is 2.42. The molecule has 11 heteroatoms. The number of nitrogens with one attached hydrogen (secondary N) is 1. The van der Waals surface area contributed by atoms with Gasteiger partial charge < -0.3 is 19.5 Å². The number of anilines is 1. The molecule has 0 amide bonds. The van der Waals surface area contributed by atoms with Gasteiger partial charge in [0.05, 0.1) is 24.0 Å². The number of fused-ring (bicyclic) bond motifs is 1. The van der Waals surface area contributed by atoms with Crippen molar-refractivity contribution in [3.63, 3.8) is 0 Å². The van der Waals surface area contributed by atoms with Gasteiger partial charge in [-0.05, 0) is 45.0 Å². The van der Waals surface area contributed by atoms with Crippen molar-refractivity contribution in [2.24, 2.45) is 0 Å². The van der Waals surface area contributed by atoms with Crippen LogP contribution in [-0.4, -0.2) is 44.8 Å². The SMILES string of the molecule is COc1ccc(OC)c2c1CN(c1ccc(S(=O)(=O)NC(C)(C)C)cc1[N+](=O)[O-])CC2O. The molecule has 2 N–H and O–H groups in total. The van der Waals surface area contributed by atoms with E-state index in [1.165, 1.54) is 26.4 Å². The summed E-state index contributed by atoms with van der Waals surface area (Å²) in [6.07, 6.45) is -0.991. The minimum Gasteiger partial charge on any atom is -0.496 e. The van der Waals surface area contributed by atoms with Gasteiger partial charge in [0.2, 0.25) is 10.0 Å². The molecule has 1 atom stereocenters. The third-order valence-corrected chi connectivity index (χ3v) is 6.78. The lowest BCUT2D eigenvalue weighted by molar-refractivity contribution is -0.384. The summed E-state index contributed by atoms with van der Waals surface area (Å²) in [6, 6.07) is 7.14. The number of nitro groups is 1. The number of ether oxygens (including phenoxy) is 2. The van der Waals surface area contributed by atoms with E-state index in [0.717, 1.165) is 6.07 Å². The van der Waals surface area contributed by atoms with Crippen molar-refractivity contribution in [2.75, 3.05) is 25.7 Å². The topological polar surface area (TPSA) is 131 Å². The second-order valence-corrected chi connectivity index (χ2v) is 10.2. The summed E-state index contributed by atoms with van der Waals surface area (Å²) in [5.74, 6) is 1.01. The monoisotopic (exact) mass is 465 g/mol. The van der Waals surface area contributed by atoms with Crippen LogP contribution in [0.3, 0.4) is 0 Å². The highest BCUT2D eigenvalue weighted by atomic mass is 32.2. The Bertz CT molecular complexity index is 1140. The normalized spacial score (nSPS) is 16.4. The molecule has 0 aromatic heterocycles. The van der Waals surface area contributed by atoms with Crippen molar-refractivity contribution in [3.05, 3.63) is 51.6 Å². The van der Waals surface area contributed by atoms with Crippen molar-refractivity contribution in [2.45, 2.75) is 43.9 Å². The maximum absolute atomic E-state index is 12.7. The molecular weight excluding hydrogens is 438 g/mol. The third kappa shape index (κ3) is 4.64. The molecule has 10 nitrogen and oxygen atoms in total. The fraction of sp³-hybridized carbons (Fsp3) is 0.429. The van der Waals surface area contributed by atoms with Gasteiger partial charge in [-0.15, -0.1) is 0 Å². The average molecular weight is 466 g/mol.